The molecule has 1 aromatic heterocycles. The van der Waals surface area contributed by atoms with Crippen LogP contribution in [0.2, 0.25) is 0 Å². The highest BCUT2D eigenvalue weighted by Gasteiger charge is 2.14. The smallest absolute Gasteiger partial charge is 0.133 e. The number of hydrogen-bond acceptors (Lipinski definition) is 3. The van der Waals surface area contributed by atoms with E-state index in [1.165, 1.54) is 0 Å². The van der Waals surface area contributed by atoms with Crippen LogP contribution in [0.25, 0.3) is 0 Å². The molecule has 2 heterocycles. The van der Waals surface area contributed by atoms with Gasteiger partial charge in [0, 0.05) is 30.9 Å². The van der Waals surface area contributed by atoms with Gasteiger partial charge in [-0.25, -0.2) is 4.98 Å². The Balaban J connectivity index is 2.30. The lowest BCUT2D eigenvalue weighted by Gasteiger charge is -2.27. The Morgan fingerprint density at radius 1 is 1.47 bits per heavy atom. The van der Waals surface area contributed by atoms with Gasteiger partial charge in [-0.3, -0.25) is 0 Å². The van der Waals surface area contributed by atoms with Crippen molar-refractivity contribution in [2.75, 3.05) is 18.0 Å². The topological polar surface area (TPSA) is 42.1 Å². The fraction of sp³-hybridized carbons (Fsp3) is 0.417. The minimum absolute atomic E-state index is 0.0413. The van der Waals surface area contributed by atoms with Crippen LogP contribution >= 0.6 is 0 Å². The molecular formula is C12H17N3. The van der Waals surface area contributed by atoms with Gasteiger partial charge in [0.05, 0.1) is 0 Å². The number of hydrogen-bond donors (Lipinski definition) is 1. The Labute approximate surface area is 90.6 Å². The van der Waals surface area contributed by atoms with Gasteiger partial charge in [-0.2, -0.15) is 0 Å². The molecule has 0 fully saturated rings. The van der Waals surface area contributed by atoms with Crippen LogP contribution in [0.4, 0.5) is 5.82 Å². The standard InChI is InChI=1S/C12H17N3/c1-10(13)11-6-5-7-14-12(11)15-8-3-2-4-9-15/h2-3,5-7,10H,4,8-9,13H2,1H3/t10-/m1/s1. The molecule has 2 N–H and O–H groups in total. The average molecular weight is 203 g/mol. The second-order valence-corrected chi connectivity index (χ2v) is 3.91. The van der Waals surface area contributed by atoms with Crippen LogP contribution < -0.4 is 10.6 Å². The van der Waals surface area contributed by atoms with Gasteiger partial charge in [0.15, 0.2) is 0 Å². The highest BCUT2D eigenvalue weighted by molar-refractivity contribution is 5.49. The molecule has 1 aliphatic heterocycles. The van der Waals surface area contributed by atoms with Gasteiger partial charge < -0.3 is 10.6 Å². The molecule has 0 unspecified atom stereocenters. The molecule has 0 aromatic carbocycles. The largest absolute Gasteiger partial charge is 0.352 e. The van der Waals surface area contributed by atoms with Gasteiger partial charge >= 0.3 is 0 Å². The molecule has 3 nitrogen and oxygen atoms in total. The van der Waals surface area contributed by atoms with E-state index < -0.39 is 0 Å². The molecule has 3 heteroatoms. The van der Waals surface area contributed by atoms with Crippen molar-refractivity contribution in [1.82, 2.24) is 4.98 Å². The van der Waals surface area contributed by atoms with Crippen molar-refractivity contribution >= 4 is 5.82 Å². The summed E-state index contributed by atoms with van der Waals surface area (Å²) in [5.41, 5.74) is 7.07. The zero-order valence-electron chi connectivity index (χ0n) is 9.06. The summed E-state index contributed by atoms with van der Waals surface area (Å²) in [7, 11) is 0. The monoisotopic (exact) mass is 203 g/mol. The highest BCUT2D eigenvalue weighted by atomic mass is 15.2. The SMILES string of the molecule is C[C@@H](N)c1cccnc1N1CC=CCC1. The normalized spacial score (nSPS) is 17.9. The predicted octanol–water partition coefficient (Wildman–Crippen LogP) is 1.87. The molecule has 1 aliphatic rings. The Kier molecular flexibility index (Phi) is 3.02. The van der Waals surface area contributed by atoms with Crippen LogP contribution in [-0.4, -0.2) is 18.1 Å². The predicted molar refractivity (Wildman–Crippen MR) is 62.8 cm³/mol. The third-order valence-electron chi connectivity index (χ3n) is 2.67. The number of nitrogens with two attached hydrogens (primary N) is 1. The molecule has 0 saturated heterocycles. The number of aromatic nitrogens is 1. The summed E-state index contributed by atoms with van der Waals surface area (Å²) in [5, 5.41) is 0. The van der Waals surface area contributed by atoms with Crippen LogP contribution in [-0.2, 0) is 0 Å². The first-order chi connectivity index (χ1) is 7.29. The van der Waals surface area contributed by atoms with Crippen molar-refractivity contribution in [2.24, 2.45) is 5.73 Å². The highest BCUT2D eigenvalue weighted by Crippen LogP contribution is 2.23. The fourth-order valence-electron chi connectivity index (χ4n) is 1.86. The minimum atomic E-state index is 0.0413. The first kappa shape index (κ1) is 10.2. The molecule has 0 radical (unpaired) electrons. The van der Waals surface area contributed by atoms with E-state index in [-0.39, 0.29) is 6.04 Å². The molecule has 1 aromatic rings. The van der Waals surface area contributed by atoms with Crippen LogP contribution in [0.1, 0.15) is 24.9 Å². The fourth-order valence-corrected chi connectivity index (χ4v) is 1.86. The van der Waals surface area contributed by atoms with E-state index >= 15 is 0 Å². The lowest BCUT2D eigenvalue weighted by atomic mass is 10.1. The van der Waals surface area contributed by atoms with E-state index in [4.69, 9.17) is 5.73 Å². The van der Waals surface area contributed by atoms with Gasteiger partial charge in [-0.05, 0) is 19.4 Å². The van der Waals surface area contributed by atoms with Crippen molar-refractivity contribution in [2.45, 2.75) is 19.4 Å². The summed E-state index contributed by atoms with van der Waals surface area (Å²) < 4.78 is 0. The lowest BCUT2D eigenvalue weighted by Crippen LogP contribution is -2.29. The van der Waals surface area contributed by atoms with Crippen LogP contribution in [0.5, 0.6) is 0 Å². The Morgan fingerprint density at radius 3 is 3.00 bits per heavy atom. The summed E-state index contributed by atoms with van der Waals surface area (Å²) in [4.78, 5) is 6.71. The van der Waals surface area contributed by atoms with E-state index in [1.807, 2.05) is 19.2 Å². The maximum atomic E-state index is 5.94. The zero-order chi connectivity index (χ0) is 10.7. The second kappa shape index (κ2) is 4.45. The lowest BCUT2D eigenvalue weighted by molar-refractivity contribution is 0.760. The molecular weight excluding hydrogens is 186 g/mol. The van der Waals surface area contributed by atoms with E-state index in [0.29, 0.717) is 0 Å². The molecule has 0 bridgehead atoms. The minimum Gasteiger partial charge on any atom is -0.352 e. The molecule has 2 rings (SSSR count). The van der Waals surface area contributed by atoms with E-state index in [0.717, 1.165) is 30.9 Å². The molecule has 15 heavy (non-hydrogen) atoms. The van der Waals surface area contributed by atoms with Crippen molar-refractivity contribution < 1.29 is 0 Å². The number of nitrogens with zero attached hydrogens (tertiary/aromatic N) is 2. The third-order valence-corrected chi connectivity index (χ3v) is 2.67. The van der Waals surface area contributed by atoms with Gasteiger partial charge in [0.25, 0.3) is 0 Å². The van der Waals surface area contributed by atoms with Gasteiger partial charge in [0.2, 0.25) is 0 Å². The van der Waals surface area contributed by atoms with Crippen LogP contribution in [0.3, 0.4) is 0 Å². The Bertz CT molecular complexity index is 358. The molecule has 0 saturated carbocycles. The van der Waals surface area contributed by atoms with Crippen LogP contribution in [0, 0.1) is 0 Å². The van der Waals surface area contributed by atoms with E-state index in [9.17, 15) is 0 Å². The quantitative estimate of drug-likeness (QED) is 0.746. The van der Waals surface area contributed by atoms with Gasteiger partial charge in [0.1, 0.15) is 5.82 Å². The van der Waals surface area contributed by atoms with E-state index in [1.54, 1.807) is 0 Å². The maximum Gasteiger partial charge on any atom is 0.133 e. The first-order valence-corrected chi connectivity index (χ1v) is 5.39. The van der Waals surface area contributed by atoms with Crippen molar-refractivity contribution in [3.63, 3.8) is 0 Å². The van der Waals surface area contributed by atoms with Gasteiger partial charge in [-0.15, -0.1) is 0 Å². The first-order valence-electron chi connectivity index (χ1n) is 5.39. The number of rotatable bonds is 2. The van der Waals surface area contributed by atoms with Crippen molar-refractivity contribution in [3.05, 3.63) is 36.0 Å². The molecule has 0 spiro atoms. The molecule has 0 amide bonds. The summed E-state index contributed by atoms with van der Waals surface area (Å²) >= 11 is 0. The summed E-state index contributed by atoms with van der Waals surface area (Å²) in [6, 6.07) is 4.05. The van der Waals surface area contributed by atoms with Gasteiger partial charge in [-0.1, -0.05) is 18.2 Å². The van der Waals surface area contributed by atoms with Crippen molar-refractivity contribution in [1.29, 1.82) is 0 Å². The molecule has 0 aliphatic carbocycles. The number of pyridine rings is 1. The third kappa shape index (κ3) is 2.18. The molecule has 80 valence electrons. The van der Waals surface area contributed by atoms with Crippen LogP contribution in [0.15, 0.2) is 30.5 Å². The number of anilines is 1. The summed E-state index contributed by atoms with van der Waals surface area (Å²) in [6.07, 6.45) is 7.32. The van der Waals surface area contributed by atoms with Crippen molar-refractivity contribution in [3.8, 4) is 0 Å². The maximum absolute atomic E-state index is 5.94. The Morgan fingerprint density at radius 2 is 2.33 bits per heavy atom. The second-order valence-electron chi connectivity index (χ2n) is 3.91. The molecule has 1 atom stereocenters. The average Bonchev–Trinajstić information content (AvgIpc) is 2.30. The summed E-state index contributed by atoms with van der Waals surface area (Å²) in [6.45, 7) is 3.98. The summed E-state index contributed by atoms with van der Waals surface area (Å²) in [5.74, 6) is 1.04. The Hall–Kier alpha value is -1.35. The zero-order valence-corrected chi connectivity index (χ0v) is 9.06. The van der Waals surface area contributed by atoms with E-state index in [2.05, 4.69) is 28.1 Å².